The zero-order valence-electron chi connectivity index (χ0n) is 13.7. The lowest BCUT2D eigenvalue weighted by Gasteiger charge is -2.32. The van der Waals surface area contributed by atoms with Crippen molar-refractivity contribution in [3.8, 4) is 0 Å². The maximum absolute atomic E-state index is 6.05. The minimum absolute atomic E-state index is 0.333. The second-order valence-electron chi connectivity index (χ2n) is 7.01. The molecule has 2 rings (SSSR count). The maximum atomic E-state index is 6.05. The van der Waals surface area contributed by atoms with Gasteiger partial charge in [0.15, 0.2) is 0 Å². The first-order valence-corrected chi connectivity index (χ1v) is 7.30. The number of aromatic nitrogens is 2. The zero-order valence-corrected chi connectivity index (χ0v) is 13.7. The third-order valence-corrected chi connectivity index (χ3v) is 4.17. The average Bonchev–Trinajstić information content (AvgIpc) is 2.46. The molecular formula is C15H25BN2O2. The summed E-state index contributed by atoms with van der Waals surface area (Å²) in [6, 6.07) is 0. The molecule has 1 aliphatic heterocycles. The van der Waals surface area contributed by atoms with E-state index in [1.807, 2.05) is 13.1 Å². The number of hydrogen-bond donors (Lipinski definition) is 0. The van der Waals surface area contributed by atoms with Crippen molar-refractivity contribution in [3.05, 3.63) is 17.7 Å². The van der Waals surface area contributed by atoms with Gasteiger partial charge in [-0.2, -0.15) is 0 Å². The lowest BCUT2D eigenvalue weighted by atomic mass is 9.79. The van der Waals surface area contributed by atoms with Crippen LogP contribution >= 0.6 is 0 Å². The molecule has 20 heavy (non-hydrogen) atoms. The third-order valence-electron chi connectivity index (χ3n) is 4.17. The summed E-state index contributed by atoms with van der Waals surface area (Å²) in [6.45, 7) is 14.5. The van der Waals surface area contributed by atoms with Crippen LogP contribution in [0.2, 0.25) is 0 Å². The highest BCUT2D eigenvalue weighted by atomic mass is 16.7. The van der Waals surface area contributed by atoms with Gasteiger partial charge in [0.2, 0.25) is 0 Å². The van der Waals surface area contributed by atoms with Crippen LogP contribution in [0.25, 0.3) is 0 Å². The molecule has 1 saturated heterocycles. The van der Waals surface area contributed by atoms with Gasteiger partial charge < -0.3 is 9.31 Å². The van der Waals surface area contributed by atoms with Crippen molar-refractivity contribution in [2.75, 3.05) is 0 Å². The van der Waals surface area contributed by atoms with Crippen molar-refractivity contribution in [2.24, 2.45) is 5.92 Å². The first-order chi connectivity index (χ1) is 9.12. The quantitative estimate of drug-likeness (QED) is 0.794. The summed E-state index contributed by atoms with van der Waals surface area (Å²) >= 11 is 0. The van der Waals surface area contributed by atoms with Crippen LogP contribution in [0.1, 0.15) is 53.1 Å². The summed E-state index contributed by atoms with van der Waals surface area (Å²) in [5.74, 6) is 1.44. The fraction of sp³-hybridized carbons (Fsp3) is 0.733. The molecule has 0 saturated carbocycles. The summed E-state index contributed by atoms with van der Waals surface area (Å²) in [7, 11) is -0.381. The SMILES string of the molecule is Cc1nc(CC(C)C)ncc1B1OC(C)(C)C(C)(C)O1. The summed E-state index contributed by atoms with van der Waals surface area (Å²) < 4.78 is 12.1. The molecule has 0 radical (unpaired) electrons. The van der Waals surface area contributed by atoms with Crippen molar-refractivity contribution >= 4 is 12.6 Å². The number of rotatable bonds is 3. The molecule has 0 bridgehead atoms. The Kier molecular flexibility index (Phi) is 3.95. The van der Waals surface area contributed by atoms with Crippen LogP contribution in [0.4, 0.5) is 0 Å². The smallest absolute Gasteiger partial charge is 0.399 e. The predicted octanol–water partition coefficient (Wildman–Crippen LogP) is 2.28. The highest BCUT2D eigenvalue weighted by Gasteiger charge is 2.52. The molecule has 0 spiro atoms. The van der Waals surface area contributed by atoms with Crippen molar-refractivity contribution in [3.63, 3.8) is 0 Å². The average molecular weight is 276 g/mol. The van der Waals surface area contributed by atoms with Crippen LogP contribution in [0, 0.1) is 12.8 Å². The summed E-state index contributed by atoms with van der Waals surface area (Å²) in [6.07, 6.45) is 2.74. The van der Waals surface area contributed by atoms with Gasteiger partial charge >= 0.3 is 7.12 Å². The van der Waals surface area contributed by atoms with Gasteiger partial charge in [-0.1, -0.05) is 13.8 Å². The van der Waals surface area contributed by atoms with E-state index in [4.69, 9.17) is 9.31 Å². The molecule has 0 aliphatic carbocycles. The molecule has 0 unspecified atom stereocenters. The first-order valence-electron chi connectivity index (χ1n) is 7.30. The molecule has 110 valence electrons. The van der Waals surface area contributed by atoms with E-state index < -0.39 is 0 Å². The zero-order chi connectivity index (χ0) is 15.1. The Bertz CT molecular complexity index is 485. The van der Waals surface area contributed by atoms with Gasteiger partial charge in [-0.05, 0) is 40.5 Å². The van der Waals surface area contributed by atoms with Gasteiger partial charge in [-0.15, -0.1) is 0 Å². The molecule has 1 aromatic rings. The van der Waals surface area contributed by atoms with Crippen molar-refractivity contribution in [1.82, 2.24) is 9.97 Å². The Morgan fingerprint density at radius 3 is 2.15 bits per heavy atom. The number of hydrogen-bond acceptors (Lipinski definition) is 4. The fourth-order valence-corrected chi connectivity index (χ4v) is 2.19. The molecule has 5 heteroatoms. The maximum Gasteiger partial charge on any atom is 0.498 e. The van der Waals surface area contributed by atoms with E-state index in [1.165, 1.54) is 0 Å². The molecule has 1 aliphatic rings. The van der Waals surface area contributed by atoms with Gasteiger partial charge in [-0.25, -0.2) is 9.97 Å². The Morgan fingerprint density at radius 2 is 1.70 bits per heavy atom. The normalized spacial score (nSPS) is 20.7. The standard InChI is InChI=1S/C15H25BN2O2/c1-10(2)8-13-17-9-12(11(3)18-13)16-19-14(4,5)15(6,7)20-16/h9-10H,8H2,1-7H3. The molecule has 0 amide bonds. The monoisotopic (exact) mass is 276 g/mol. The van der Waals surface area contributed by atoms with E-state index in [9.17, 15) is 0 Å². The van der Waals surface area contributed by atoms with Crippen molar-refractivity contribution in [2.45, 2.75) is 66.1 Å². The third kappa shape index (κ3) is 2.89. The van der Waals surface area contributed by atoms with Crippen LogP contribution in [0.15, 0.2) is 6.20 Å². The summed E-state index contributed by atoms with van der Waals surface area (Å²) in [4.78, 5) is 9.03. The van der Waals surface area contributed by atoms with Crippen LogP contribution in [-0.2, 0) is 15.7 Å². The van der Waals surface area contributed by atoms with E-state index >= 15 is 0 Å². The first kappa shape index (κ1) is 15.5. The van der Waals surface area contributed by atoms with Crippen LogP contribution in [-0.4, -0.2) is 28.3 Å². The van der Waals surface area contributed by atoms with Gasteiger partial charge in [0.05, 0.1) is 11.2 Å². The van der Waals surface area contributed by atoms with Crippen LogP contribution in [0.3, 0.4) is 0 Å². The second kappa shape index (κ2) is 5.12. The summed E-state index contributed by atoms with van der Waals surface area (Å²) in [5.41, 5.74) is 1.20. The predicted molar refractivity (Wildman–Crippen MR) is 81.0 cm³/mol. The Morgan fingerprint density at radius 1 is 1.15 bits per heavy atom. The van der Waals surface area contributed by atoms with Crippen LogP contribution in [0.5, 0.6) is 0 Å². The van der Waals surface area contributed by atoms with Crippen LogP contribution < -0.4 is 5.46 Å². The van der Waals surface area contributed by atoms with Crippen molar-refractivity contribution < 1.29 is 9.31 Å². The molecule has 1 aromatic heterocycles. The summed E-state index contributed by atoms with van der Waals surface area (Å²) in [5, 5.41) is 0. The largest absolute Gasteiger partial charge is 0.498 e. The van der Waals surface area contributed by atoms with E-state index in [0.29, 0.717) is 5.92 Å². The van der Waals surface area contributed by atoms with Gasteiger partial charge in [0.1, 0.15) is 5.82 Å². The van der Waals surface area contributed by atoms with E-state index in [2.05, 4.69) is 51.5 Å². The lowest BCUT2D eigenvalue weighted by molar-refractivity contribution is 0.00578. The van der Waals surface area contributed by atoms with E-state index in [-0.39, 0.29) is 18.3 Å². The number of aryl methyl sites for hydroxylation is 1. The van der Waals surface area contributed by atoms with E-state index in [1.54, 1.807) is 0 Å². The lowest BCUT2D eigenvalue weighted by Crippen LogP contribution is -2.41. The highest BCUT2D eigenvalue weighted by Crippen LogP contribution is 2.36. The molecule has 0 N–H and O–H groups in total. The van der Waals surface area contributed by atoms with E-state index in [0.717, 1.165) is 23.4 Å². The molecule has 0 aromatic carbocycles. The Hall–Kier alpha value is -0.935. The minimum Gasteiger partial charge on any atom is -0.399 e. The fourth-order valence-electron chi connectivity index (χ4n) is 2.19. The second-order valence-corrected chi connectivity index (χ2v) is 7.01. The molecule has 4 nitrogen and oxygen atoms in total. The number of nitrogens with zero attached hydrogens (tertiary/aromatic N) is 2. The molecule has 0 atom stereocenters. The molecule has 2 heterocycles. The molecular weight excluding hydrogens is 251 g/mol. The minimum atomic E-state index is -0.381. The molecule has 1 fully saturated rings. The van der Waals surface area contributed by atoms with Gasteiger partial charge in [0.25, 0.3) is 0 Å². The Labute approximate surface area is 122 Å². The van der Waals surface area contributed by atoms with Gasteiger partial charge in [-0.3, -0.25) is 0 Å². The highest BCUT2D eigenvalue weighted by molar-refractivity contribution is 6.62. The van der Waals surface area contributed by atoms with Crippen molar-refractivity contribution in [1.29, 1.82) is 0 Å². The Balaban J connectivity index is 2.23. The van der Waals surface area contributed by atoms with Gasteiger partial charge in [0, 0.05) is 23.8 Å². The topological polar surface area (TPSA) is 44.2 Å².